The molecule has 24 heavy (non-hydrogen) atoms. The molecule has 0 saturated heterocycles. The van der Waals surface area contributed by atoms with E-state index in [0.717, 1.165) is 29.8 Å². The van der Waals surface area contributed by atoms with E-state index < -0.39 is 0 Å². The molecular weight excluding hydrogens is 344 g/mol. The van der Waals surface area contributed by atoms with Crippen LogP contribution in [0.15, 0.2) is 18.2 Å². The largest absolute Gasteiger partial charge is 0.330 e. The molecule has 3 N–H and O–H groups in total. The molecule has 130 valence electrons. The van der Waals surface area contributed by atoms with Gasteiger partial charge in [-0.25, -0.2) is 0 Å². The summed E-state index contributed by atoms with van der Waals surface area (Å²) in [5.41, 5.74) is 9.19. The first-order chi connectivity index (χ1) is 11.1. The van der Waals surface area contributed by atoms with E-state index in [1.807, 2.05) is 0 Å². The van der Waals surface area contributed by atoms with Crippen LogP contribution in [0.1, 0.15) is 30.4 Å². The number of hydrogen-bond acceptors (Lipinski definition) is 5. The number of nitrogens with one attached hydrogen (secondary N) is 1. The van der Waals surface area contributed by atoms with Crippen molar-refractivity contribution in [1.29, 1.82) is 0 Å². The number of nitrogens with two attached hydrogens (primary N) is 1. The van der Waals surface area contributed by atoms with E-state index in [0.29, 0.717) is 17.6 Å². The Morgan fingerprint density at radius 2 is 1.96 bits per heavy atom. The maximum absolute atomic E-state index is 12.4. The number of carbonyl (C=O) groups excluding carboxylic acids is 1. The van der Waals surface area contributed by atoms with E-state index in [1.54, 1.807) is 0 Å². The molecule has 1 aromatic heterocycles. The highest BCUT2D eigenvalue weighted by Gasteiger charge is 2.32. The number of aromatic nitrogens is 2. The molecule has 1 fully saturated rings. The predicted molar refractivity (Wildman–Crippen MR) is 101 cm³/mol. The summed E-state index contributed by atoms with van der Waals surface area (Å²) in [5.74, 6) is 0.330. The maximum Gasteiger partial charge on any atom is 0.229 e. The summed E-state index contributed by atoms with van der Waals surface area (Å²) in [6, 6.07) is 6.29. The van der Waals surface area contributed by atoms with Crippen LogP contribution < -0.4 is 11.1 Å². The van der Waals surface area contributed by atoms with Crippen LogP contribution in [0.25, 0.3) is 10.6 Å². The van der Waals surface area contributed by atoms with Crippen molar-refractivity contribution in [2.75, 3.05) is 11.9 Å². The van der Waals surface area contributed by atoms with Gasteiger partial charge in [0.15, 0.2) is 0 Å². The van der Waals surface area contributed by atoms with Gasteiger partial charge < -0.3 is 11.1 Å². The van der Waals surface area contributed by atoms with Crippen LogP contribution >= 0.6 is 23.7 Å². The third-order valence-electron chi connectivity index (χ3n) is 4.42. The van der Waals surface area contributed by atoms with Crippen molar-refractivity contribution < 1.29 is 4.79 Å². The van der Waals surface area contributed by atoms with Gasteiger partial charge in [-0.15, -0.1) is 22.6 Å². The van der Waals surface area contributed by atoms with Gasteiger partial charge in [0.1, 0.15) is 5.01 Å². The van der Waals surface area contributed by atoms with Crippen molar-refractivity contribution in [1.82, 2.24) is 10.2 Å². The molecule has 0 unspecified atom stereocenters. The van der Waals surface area contributed by atoms with Gasteiger partial charge in [-0.05, 0) is 51.3 Å². The average Bonchev–Trinajstić information content (AvgIpc) is 3.14. The summed E-state index contributed by atoms with van der Waals surface area (Å²) in [4.78, 5) is 12.4. The lowest BCUT2D eigenvalue weighted by Crippen LogP contribution is -2.29. The third-order valence-corrected chi connectivity index (χ3v) is 5.31. The number of amides is 1. The first-order valence-corrected chi connectivity index (χ1v) is 8.81. The van der Waals surface area contributed by atoms with Crippen LogP contribution in [-0.4, -0.2) is 22.6 Å². The molecule has 1 aliphatic rings. The minimum Gasteiger partial charge on any atom is -0.330 e. The van der Waals surface area contributed by atoms with Gasteiger partial charge in [-0.2, -0.15) is 0 Å². The van der Waals surface area contributed by atoms with Crippen molar-refractivity contribution in [2.24, 2.45) is 17.6 Å². The Hall–Kier alpha value is -1.50. The molecule has 1 heterocycles. The summed E-state index contributed by atoms with van der Waals surface area (Å²) in [7, 11) is 0. The first-order valence-electron chi connectivity index (χ1n) is 8.00. The molecule has 0 radical (unpaired) electrons. The van der Waals surface area contributed by atoms with Crippen LogP contribution in [0, 0.1) is 25.7 Å². The Morgan fingerprint density at radius 3 is 2.62 bits per heavy atom. The van der Waals surface area contributed by atoms with Crippen LogP contribution in [-0.2, 0) is 4.79 Å². The van der Waals surface area contributed by atoms with E-state index in [2.05, 4.69) is 47.6 Å². The third kappa shape index (κ3) is 4.12. The Labute approximate surface area is 152 Å². The number of aryl methyl sites for hydroxylation is 2. The highest BCUT2D eigenvalue weighted by atomic mass is 35.5. The zero-order valence-corrected chi connectivity index (χ0v) is 15.5. The zero-order valence-electron chi connectivity index (χ0n) is 13.9. The van der Waals surface area contributed by atoms with Gasteiger partial charge in [0.25, 0.3) is 0 Å². The number of benzene rings is 1. The number of rotatable bonds is 4. The molecule has 0 spiro atoms. The van der Waals surface area contributed by atoms with Crippen molar-refractivity contribution in [2.45, 2.75) is 33.1 Å². The predicted octanol–water partition coefficient (Wildman–Crippen LogP) is 3.56. The Morgan fingerprint density at radius 1 is 1.25 bits per heavy atom. The van der Waals surface area contributed by atoms with E-state index >= 15 is 0 Å². The second kappa shape index (κ2) is 8.05. The SMILES string of the molecule is Cc1cc(C)cc(-c2nnc(NC(=O)[C@@H]3CCC[C@@H]3CN)s2)c1.Cl. The molecule has 0 bridgehead atoms. The quantitative estimate of drug-likeness (QED) is 0.866. The summed E-state index contributed by atoms with van der Waals surface area (Å²) in [5, 5.41) is 12.6. The summed E-state index contributed by atoms with van der Waals surface area (Å²) in [6.45, 7) is 4.70. The van der Waals surface area contributed by atoms with E-state index in [1.165, 1.54) is 22.5 Å². The van der Waals surface area contributed by atoms with E-state index in [-0.39, 0.29) is 24.2 Å². The van der Waals surface area contributed by atoms with Crippen molar-refractivity contribution in [3.63, 3.8) is 0 Å². The molecule has 0 aliphatic heterocycles. The molecule has 1 aromatic carbocycles. The summed E-state index contributed by atoms with van der Waals surface area (Å²) < 4.78 is 0. The molecular formula is C17H23ClN4OS. The van der Waals surface area contributed by atoms with Crippen molar-refractivity contribution in [3.8, 4) is 10.6 Å². The summed E-state index contributed by atoms with van der Waals surface area (Å²) >= 11 is 1.41. The second-order valence-corrected chi connectivity index (χ2v) is 7.29. The smallest absolute Gasteiger partial charge is 0.229 e. The number of anilines is 1. The number of halogens is 1. The highest BCUT2D eigenvalue weighted by molar-refractivity contribution is 7.18. The van der Waals surface area contributed by atoms with E-state index in [4.69, 9.17) is 5.73 Å². The highest BCUT2D eigenvalue weighted by Crippen LogP contribution is 2.33. The fourth-order valence-electron chi connectivity index (χ4n) is 3.35. The Bertz CT molecular complexity index is 698. The average molecular weight is 367 g/mol. The van der Waals surface area contributed by atoms with Crippen LogP contribution in [0.4, 0.5) is 5.13 Å². The fraction of sp³-hybridized carbons (Fsp3) is 0.471. The number of carbonyl (C=O) groups is 1. The van der Waals surface area contributed by atoms with Gasteiger partial charge in [0.2, 0.25) is 11.0 Å². The standard InChI is InChI=1S/C17H22N4OS.ClH/c1-10-6-11(2)8-13(7-10)16-20-21-17(23-16)19-15(22)14-5-3-4-12(14)9-18;/h6-8,12,14H,3-5,9,18H2,1-2H3,(H,19,21,22);1H/t12-,14-;/m1./s1. The summed E-state index contributed by atoms with van der Waals surface area (Å²) in [6.07, 6.45) is 3.03. The molecule has 1 saturated carbocycles. The Balaban J connectivity index is 0.00000208. The maximum atomic E-state index is 12.4. The van der Waals surface area contributed by atoms with Crippen LogP contribution in [0.3, 0.4) is 0 Å². The Kier molecular flexibility index (Phi) is 6.32. The van der Waals surface area contributed by atoms with Crippen LogP contribution in [0.2, 0.25) is 0 Å². The minimum absolute atomic E-state index is 0. The van der Waals surface area contributed by atoms with Crippen molar-refractivity contribution in [3.05, 3.63) is 29.3 Å². The normalized spacial score (nSPS) is 19.8. The fourth-order valence-corrected chi connectivity index (χ4v) is 4.08. The molecule has 1 aliphatic carbocycles. The lowest BCUT2D eigenvalue weighted by Gasteiger charge is -2.15. The molecule has 3 rings (SSSR count). The monoisotopic (exact) mass is 366 g/mol. The lowest BCUT2D eigenvalue weighted by molar-refractivity contribution is -0.120. The molecule has 5 nitrogen and oxygen atoms in total. The topological polar surface area (TPSA) is 80.9 Å². The van der Waals surface area contributed by atoms with Gasteiger partial charge in [0, 0.05) is 11.5 Å². The van der Waals surface area contributed by atoms with Crippen molar-refractivity contribution >= 4 is 34.8 Å². The first kappa shape index (κ1) is 18.8. The lowest BCUT2D eigenvalue weighted by atomic mass is 9.95. The van der Waals surface area contributed by atoms with E-state index in [9.17, 15) is 4.79 Å². The number of nitrogens with zero attached hydrogens (tertiary/aromatic N) is 2. The van der Waals surface area contributed by atoms with Gasteiger partial charge in [0.05, 0.1) is 0 Å². The minimum atomic E-state index is 0. The van der Waals surface area contributed by atoms with Gasteiger partial charge >= 0.3 is 0 Å². The molecule has 7 heteroatoms. The van der Waals surface area contributed by atoms with Crippen LogP contribution in [0.5, 0.6) is 0 Å². The molecule has 1 amide bonds. The molecule has 2 aromatic rings. The van der Waals surface area contributed by atoms with Gasteiger partial charge in [-0.1, -0.05) is 35.0 Å². The zero-order chi connectivity index (χ0) is 16.4. The second-order valence-electron chi connectivity index (χ2n) is 6.31. The molecule has 2 atom stereocenters. The van der Waals surface area contributed by atoms with Gasteiger partial charge in [-0.3, -0.25) is 4.79 Å². The number of hydrogen-bond donors (Lipinski definition) is 2.